The first-order valence-corrected chi connectivity index (χ1v) is 8.37. The molecule has 25 heavy (non-hydrogen) atoms. The summed E-state index contributed by atoms with van der Waals surface area (Å²) in [5.74, 6) is 0.542. The highest BCUT2D eigenvalue weighted by Crippen LogP contribution is 2.17. The van der Waals surface area contributed by atoms with Gasteiger partial charge >= 0.3 is 0 Å². The van der Waals surface area contributed by atoms with E-state index in [-0.39, 0.29) is 23.7 Å². The van der Waals surface area contributed by atoms with Crippen LogP contribution in [-0.2, 0) is 17.6 Å². The summed E-state index contributed by atoms with van der Waals surface area (Å²) >= 11 is 0. The van der Waals surface area contributed by atoms with Crippen molar-refractivity contribution in [1.82, 2.24) is 4.98 Å². The van der Waals surface area contributed by atoms with E-state index < -0.39 is 0 Å². The van der Waals surface area contributed by atoms with Crippen molar-refractivity contribution in [2.24, 2.45) is 10.7 Å². The number of nitrogens with one attached hydrogen (secondary N) is 1. The lowest BCUT2D eigenvalue weighted by atomic mass is 10.1. The first kappa shape index (κ1) is 17.0. The van der Waals surface area contributed by atoms with Gasteiger partial charge in [0.15, 0.2) is 5.89 Å². The number of carbonyl (C=O) groups is 1. The summed E-state index contributed by atoms with van der Waals surface area (Å²) in [6.07, 6.45) is 2.41. The SMILES string of the molecule is CCc1nc(C)c(C(=O)Nc2ccc(CCC3COC(N)=N3)cc2)o1. The van der Waals surface area contributed by atoms with Crippen molar-refractivity contribution in [2.45, 2.75) is 39.2 Å². The number of amides is 1. The Bertz CT molecular complexity index is 780. The zero-order valence-electron chi connectivity index (χ0n) is 14.4. The lowest BCUT2D eigenvalue weighted by Crippen LogP contribution is -2.12. The summed E-state index contributed by atoms with van der Waals surface area (Å²) in [5, 5.41) is 2.84. The van der Waals surface area contributed by atoms with E-state index in [0.717, 1.165) is 12.8 Å². The fourth-order valence-electron chi connectivity index (χ4n) is 2.67. The van der Waals surface area contributed by atoms with Crippen molar-refractivity contribution in [3.63, 3.8) is 0 Å². The van der Waals surface area contributed by atoms with Gasteiger partial charge in [0.25, 0.3) is 11.9 Å². The van der Waals surface area contributed by atoms with Gasteiger partial charge in [-0.3, -0.25) is 4.79 Å². The highest BCUT2D eigenvalue weighted by atomic mass is 16.5. The Morgan fingerprint density at radius 1 is 1.36 bits per heavy atom. The van der Waals surface area contributed by atoms with E-state index in [1.54, 1.807) is 6.92 Å². The molecule has 2 heterocycles. The largest absolute Gasteiger partial charge is 0.463 e. The molecular formula is C18H22N4O3. The predicted octanol–water partition coefficient (Wildman–Crippen LogP) is 2.44. The van der Waals surface area contributed by atoms with Crippen molar-refractivity contribution in [3.05, 3.63) is 47.2 Å². The van der Waals surface area contributed by atoms with Crippen molar-refractivity contribution in [3.8, 4) is 0 Å². The van der Waals surface area contributed by atoms with Gasteiger partial charge in [-0.2, -0.15) is 0 Å². The van der Waals surface area contributed by atoms with E-state index in [0.29, 0.717) is 30.3 Å². The van der Waals surface area contributed by atoms with Crippen LogP contribution >= 0.6 is 0 Å². The van der Waals surface area contributed by atoms with Crippen LogP contribution in [-0.4, -0.2) is 29.6 Å². The molecule has 1 unspecified atom stereocenters. The summed E-state index contributed by atoms with van der Waals surface area (Å²) in [5.41, 5.74) is 7.99. The molecule has 1 aliphatic rings. The Labute approximate surface area is 146 Å². The second-order valence-electron chi connectivity index (χ2n) is 6.00. The maximum absolute atomic E-state index is 12.3. The third-order valence-corrected chi connectivity index (χ3v) is 4.06. The molecule has 1 aromatic heterocycles. The van der Waals surface area contributed by atoms with Crippen LogP contribution in [0.4, 0.5) is 5.69 Å². The molecule has 0 aliphatic carbocycles. The molecule has 7 nitrogen and oxygen atoms in total. The van der Waals surface area contributed by atoms with E-state index in [9.17, 15) is 4.79 Å². The molecule has 3 N–H and O–H groups in total. The van der Waals surface area contributed by atoms with E-state index in [2.05, 4.69) is 15.3 Å². The second-order valence-corrected chi connectivity index (χ2v) is 6.00. The lowest BCUT2D eigenvalue weighted by molar-refractivity contribution is 0.0994. The third-order valence-electron chi connectivity index (χ3n) is 4.06. The van der Waals surface area contributed by atoms with Crippen molar-refractivity contribution < 1.29 is 13.9 Å². The minimum atomic E-state index is -0.287. The van der Waals surface area contributed by atoms with Crippen LogP contribution < -0.4 is 11.1 Å². The third kappa shape index (κ3) is 4.17. The normalized spacial score (nSPS) is 16.4. The number of nitrogens with zero attached hydrogens (tertiary/aromatic N) is 2. The van der Waals surface area contributed by atoms with Crippen LogP contribution in [0.15, 0.2) is 33.7 Å². The Morgan fingerprint density at radius 3 is 2.72 bits per heavy atom. The van der Waals surface area contributed by atoms with Gasteiger partial charge in [-0.15, -0.1) is 0 Å². The maximum Gasteiger partial charge on any atom is 0.293 e. The molecular weight excluding hydrogens is 320 g/mol. The second kappa shape index (κ2) is 7.38. The number of oxazole rings is 1. The number of aliphatic imine (C=N–C) groups is 1. The summed E-state index contributed by atoms with van der Waals surface area (Å²) in [6, 6.07) is 8.13. The van der Waals surface area contributed by atoms with E-state index in [4.69, 9.17) is 14.9 Å². The number of rotatable bonds is 6. The highest BCUT2D eigenvalue weighted by molar-refractivity contribution is 6.02. The fraction of sp³-hybridized carbons (Fsp3) is 0.389. The molecule has 1 aliphatic heterocycles. The Balaban J connectivity index is 1.56. The Morgan fingerprint density at radius 2 is 2.12 bits per heavy atom. The molecule has 1 aromatic carbocycles. The minimum Gasteiger partial charge on any atom is -0.463 e. The van der Waals surface area contributed by atoms with Gasteiger partial charge < -0.3 is 20.2 Å². The lowest BCUT2D eigenvalue weighted by Gasteiger charge is -2.07. The number of aryl methyl sites for hydroxylation is 3. The summed E-state index contributed by atoms with van der Waals surface area (Å²) < 4.78 is 10.6. The molecule has 3 rings (SSSR count). The molecule has 132 valence electrons. The van der Waals surface area contributed by atoms with Gasteiger partial charge in [0.1, 0.15) is 6.61 Å². The van der Waals surface area contributed by atoms with E-state index >= 15 is 0 Å². The van der Waals surface area contributed by atoms with Crippen molar-refractivity contribution in [1.29, 1.82) is 0 Å². The fourth-order valence-corrected chi connectivity index (χ4v) is 2.67. The summed E-state index contributed by atoms with van der Waals surface area (Å²) in [6.45, 7) is 4.25. The Kier molecular flexibility index (Phi) is 5.02. The molecule has 7 heteroatoms. The number of carbonyl (C=O) groups excluding carboxylic acids is 1. The number of ether oxygens (including phenoxy) is 1. The number of amidine groups is 1. The number of hydrogen-bond acceptors (Lipinski definition) is 6. The van der Waals surface area contributed by atoms with Crippen LogP contribution in [0.1, 0.15) is 41.0 Å². The number of aromatic nitrogens is 1. The van der Waals surface area contributed by atoms with Gasteiger partial charge in [0.05, 0.1) is 11.7 Å². The molecule has 0 bridgehead atoms. The van der Waals surface area contributed by atoms with Crippen LogP contribution in [0.3, 0.4) is 0 Å². The average molecular weight is 342 g/mol. The summed E-state index contributed by atoms with van der Waals surface area (Å²) in [4.78, 5) is 20.7. The average Bonchev–Trinajstić information content (AvgIpc) is 3.19. The van der Waals surface area contributed by atoms with Gasteiger partial charge in [0.2, 0.25) is 5.76 Å². The first-order chi connectivity index (χ1) is 12.0. The minimum absolute atomic E-state index is 0.126. The highest BCUT2D eigenvalue weighted by Gasteiger charge is 2.18. The molecule has 0 saturated heterocycles. The standard InChI is InChI=1S/C18H22N4O3/c1-3-15-20-11(2)16(25-15)17(23)21-13-7-4-12(5-8-13)6-9-14-10-24-18(19)22-14/h4-5,7-8,14H,3,6,9-10H2,1-2H3,(H2,19,22)(H,21,23). The molecule has 0 radical (unpaired) electrons. The monoisotopic (exact) mass is 342 g/mol. The number of hydrogen-bond donors (Lipinski definition) is 2. The molecule has 0 saturated carbocycles. The smallest absolute Gasteiger partial charge is 0.293 e. The molecule has 0 spiro atoms. The zero-order valence-corrected chi connectivity index (χ0v) is 14.4. The van der Waals surface area contributed by atoms with Crippen LogP contribution in [0.2, 0.25) is 0 Å². The van der Waals surface area contributed by atoms with Crippen LogP contribution in [0.5, 0.6) is 0 Å². The molecule has 2 aromatic rings. The molecule has 1 atom stereocenters. The number of benzene rings is 1. The van der Waals surface area contributed by atoms with E-state index in [1.165, 1.54) is 5.56 Å². The molecule has 0 fully saturated rings. The van der Waals surface area contributed by atoms with Crippen molar-refractivity contribution >= 4 is 17.6 Å². The quantitative estimate of drug-likeness (QED) is 0.839. The van der Waals surface area contributed by atoms with Gasteiger partial charge in [-0.1, -0.05) is 19.1 Å². The molecule has 1 amide bonds. The van der Waals surface area contributed by atoms with Gasteiger partial charge in [0, 0.05) is 12.1 Å². The number of anilines is 1. The van der Waals surface area contributed by atoms with Crippen LogP contribution in [0.25, 0.3) is 0 Å². The van der Waals surface area contributed by atoms with E-state index in [1.807, 2.05) is 31.2 Å². The van der Waals surface area contributed by atoms with Gasteiger partial charge in [-0.05, 0) is 37.5 Å². The van der Waals surface area contributed by atoms with Gasteiger partial charge in [-0.25, -0.2) is 9.98 Å². The zero-order chi connectivity index (χ0) is 17.8. The first-order valence-electron chi connectivity index (χ1n) is 8.37. The van der Waals surface area contributed by atoms with Crippen molar-refractivity contribution in [2.75, 3.05) is 11.9 Å². The predicted molar refractivity (Wildman–Crippen MR) is 94.7 cm³/mol. The maximum atomic E-state index is 12.3. The Hall–Kier alpha value is -2.83. The number of nitrogens with two attached hydrogens (primary N) is 1. The topological polar surface area (TPSA) is 103 Å². The summed E-state index contributed by atoms with van der Waals surface area (Å²) in [7, 11) is 0. The van der Waals surface area contributed by atoms with Crippen LogP contribution in [0, 0.1) is 6.92 Å².